The monoisotopic (exact) mass is 269 g/mol. The van der Waals surface area contributed by atoms with E-state index in [1.54, 1.807) is 13.2 Å². The van der Waals surface area contributed by atoms with Crippen LogP contribution in [0.1, 0.15) is 32.3 Å². The van der Waals surface area contributed by atoms with Crippen molar-refractivity contribution in [2.75, 3.05) is 20.3 Å². The molecule has 0 radical (unpaired) electrons. The number of benzene rings is 1. The lowest BCUT2D eigenvalue weighted by Crippen LogP contribution is -2.20. The highest BCUT2D eigenvalue weighted by molar-refractivity contribution is 5.34. The fourth-order valence-electron chi connectivity index (χ4n) is 1.83. The van der Waals surface area contributed by atoms with Crippen molar-refractivity contribution in [1.82, 2.24) is 5.32 Å². The van der Waals surface area contributed by atoms with Gasteiger partial charge in [0.05, 0.1) is 12.7 Å². The van der Waals surface area contributed by atoms with Crippen LogP contribution in [-0.4, -0.2) is 26.4 Å². The van der Waals surface area contributed by atoms with Gasteiger partial charge in [0.15, 0.2) is 0 Å². The largest absolute Gasteiger partial charge is 0.490 e. The summed E-state index contributed by atoms with van der Waals surface area (Å²) in [6.07, 6.45) is 2.08. The van der Waals surface area contributed by atoms with Gasteiger partial charge in [-0.2, -0.15) is 0 Å². The van der Waals surface area contributed by atoms with E-state index >= 15 is 0 Å². The Hall–Kier alpha value is -1.13. The van der Waals surface area contributed by atoms with Crippen LogP contribution in [0.15, 0.2) is 18.2 Å². The smallest absolute Gasteiger partial charge is 0.124 e. The first kappa shape index (κ1) is 15.9. The number of hydrogen-bond acceptors (Lipinski definition) is 3. The lowest BCUT2D eigenvalue weighted by Gasteiger charge is -2.18. The van der Waals surface area contributed by atoms with Gasteiger partial charge in [-0.15, -0.1) is 0 Å². The van der Waals surface area contributed by atoms with E-state index in [4.69, 9.17) is 9.47 Å². The number of hydrogen-bond donors (Lipinski definition) is 1. The second-order valence-corrected chi connectivity index (χ2v) is 4.48. The topological polar surface area (TPSA) is 30.5 Å². The molecule has 1 aromatic rings. The summed E-state index contributed by atoms with van der Waals surface area (Å²) < 4.78 is 24.2. The van der Waals surface area contributed by atoms with E-state index in [0.717, 1.165) is 30.7 Å². The van der Waals surface area contributed by atoms with E-state index < -0.39 is 0 Å². The Bertz CT molecular complexity index is 367. The molecule has 19 heavy (non-hydrogen) atoms. The second kappa shape index (κ2) is 8.88. The average Bonchev–Trinajstić information content (AvgIpc) is 2.43. The fourth-order valence-corrected chi connectivity index (χ4v) is 1.83. The molecule has 0 aliphatic rings. The molecule has 0 aliphatic carbocycles. The normalized spacial score (nSPS) is 11.0. The van der Waals surface area contributed by atoms with Crippen molar-refractivity contribution >= 4 is 0 Å². The van der Waals surface area contributed by atoms with Crippen LogP contribution < -0.4 is 10.1 Å². The predicted octanol–water partition coefficient (Wildman–Crippen LogP) is 3.13. The first-order valence-corrected chi connectivity index (χ1v) is 6.86. The minimum Gasteiger partial charge on any atom is -0.490 e. The van der Waals surface area contributed by atoms with E-state index in [1.165, 1.54) is 12.1 Å². The van der Waals surface area contributed by atoms with Gasteiger partial charge in [-0.25, -0.2) is 4.39 Å². The van der Waals surface area contributed by atoms with Crippen LogP contribution in [-0.2, 0) is 11.3 Å². The first-order chi connectivity index (χ1) is 9.21. The molecule has 0 spiro atoms. The summed E-state index contributed by atoms with van der Waals surface area (Å²) in [5.74, 6) is 0.528. The van der Waals surface area contributed by atoms with Crippen molar-refractivity contribution in [3.8, 4) is 5.75 Å². The molecule has 1 N–H and O–H groups in total. The summed E-state index contributed by atoms with van der Waals surface area (Å²) in [4.78, 5) is 0. The van der Waals surface area contributed by atoms with Gasteiger partial charge in [0.2, 0.25) is 0 Å². The minimum absolute atomic E-state index is 0.184. The zero-order chi connectivity index (χ0) is 14.1. The van der Waals surface area contributed by atoms with E-state index in [9.17, 15) is 4.39 Å². The molecule has 0 bridgehead atoms. The van der Waals surface area contributed by atoms with Gasteiger partial charge < -0.3 is 14.8 Å². The SMILES string of the molecule is CCC(CC)Oc1ccc(F)cc1CNCCOC. The average molecular weight is 269 g/mol. The summed E-state index contributed by atoms with van der Waals surface area (Å²) in [5.41, 5.74) is 0.850. The van der Waals surface area contributed by atoms with E-state index in [0.29, 0.717) is 13.2 Å². The van der Waals surface area contributed by atoms with E-state index in [1.807, 2.05) is 0 Å². The molecule has 1 aromatic carbocycles. The van der Waals surface area contributed by atoms with Crippen LogP contribution in [0, 0.1) is 5.82 Å². The van der Waals surface area contributed by atoms with Crippen molar-refractivity contribution in [3.05, 3.63) is 29.6 Å². The molecular formula is C15H24FNO2. The van der Waals surface area contributed by atoms with Crippen molar-refractivity contribution in [2.24, 2.45) is 0 Å². The molecule has 0 saturated carbocycles. The van der Waals surface area contributed by atoms with Crippen LogP contribution in [0.25, 0.3) is 0 Å². The van der Waals surface area contributed by atoms with Crippen LogP contribution in [0.2, 0.25) is 0 Å². The maximum Gasteiger partial charge on any atom is 0.124 e. The van der Waals surface area contributed by atoms with Crippen LogP contribution in [0.5, 0.6) is 5.75 Å². The van der Waals surface area contributed by atoms with E-state index in [2.05, 4.69) is 19.2 Å². The zero-order valence-electron chi connectivity index (χ0n) is 12.0. The van der Waals surface area contributed by atoms with Gasteiger partial charge in [0.25, 0.3) is 0 Å². The highest BCUT2D eigenvalue weighted by Gasteiger charge is 2.10. The zero-order valence-corrected chi connectivity index (χ0v) is 12.0. The van der Waals surface area contributed by atoms with E-state index in [-0.39, 0.29) is 11.9 Å². The fraction of sp³-hybridized carbons (Fsp3) is 0.600. The molecule has 0 heterocycles. The number of nitrogens with one attached hydrogen (secondary N) is 1. The highest BCUT2D eigenvalue weighted by atomic mass is 19.1. The third-order valence-corrected chi connectivity index (χ3v) is 3.03. The lowest BCUT2D eigenvalue weighted by atomic mass is 10.1. The van der Waals surface area contributed by atoms with Gasteiger partial charge in [-0.1, -0.05) is 13.8 Å². The lowest BCUT2D eigenvalue weighted by molar-refractivity contribution is 0.188. The third kappa shape index (κ3) is 5.57. The molecule has 0 unspecified atom stereocenters. The maximum absolute atomic E-state index is 13.3. The third-order valence-electron chi connectivity index (χ3n) is 3.03. The quantitative estimate of drug-likeness (QED) is 0.699. The predicted molar refractivity (Wildman–Crippen MR) is 75.0 cm³/mol. The summed E-state index contributed by atoms with van der Waals surface area (Å²) in [6, 6.07) is 4.68. The summed E-state index contributed by atoms with van der Waals surface area (Å²) in [7, 11) is 1.66. The summed E-state index contributed by atoms with van der Waals surface area (Å²) in [5, 5.41) is 3.21. The molecular weight excluding hydrogens is 245 g/mol. The van der Waals surface area contributed by atoms with Gasteiger partial charge in [0.1, 0.15) is 11.6 Å². The van der Waals surface area contributed by atoms with Crippen molar-refractivity contribution in [2.45, 2.75) is 39.3 Å². The number of halogens is 1. The van der Waals surface area contributed by atoms with Gasteiger partial charge in [0, 0.05) is 25.8 Å². The number of ether oxygens (including phenoxy) is 2. The number of rotatable bonds is 9. The Kier molecular flexibility index (Phi) is 7.45. The molecule has 0 atom stereocenters. The molecule has 0 aromatic heterocycles. The summed E-state index contributed by atoms with van der Waals surface area (Å²) >= 11 is 0. The van der Waals surface area contributed by atoms with Crippen LogP contribution in [0.4, 0.5) is 4.39 Å². The van der Waals surface area contributed by atoms with Crippen molar-refractivity contribution in [3.63, 3.8) is 0 Å². The summed E-state index contributed by atoms with van der Waals surface area (Å²) in [6.45, 7) is 6.13. The maximum atomic E-state index is 13.3. The molecule has 1 rings (SSSR count). The highest BCUT2D eigenvalue weighted by Crippen LogP contribution is 2.22. The Balaban J connectivity index is 2.67. The Morgan fingerprint density at radius 2 is 2.00 bits per heavy atom. The Morgan fingerprint density at radius 3 is 2.63 bits per heavy atom. The molecule has 4 heteroatoms. The van der Waals surface area contributed by atoms with Gasteiger partial charge in [-0.3, -0.25) is 0 Å². The van der Waals surface area contributed by atoms with Crippen LogP contribution >= 0.6 is 0 Å². The Morgan fingerprint density at radius 1 is 1.26 bits per heavy atom. The second-order valence-electron chi connectivity index (χ2n) is 4.48. The molecule has 3 nitrogen and oxygen atoms in total. The van der Waals surface area contributed by atoms with Gasteiger partial charge >= 0.3 is 0 Å². The van der Waals surface area contributed by atoms with Crippen molar-refractivity contribution in [1.29, 1.82) is 0 Å². The van der Waals surface area contributed by atoms with Gasteiger partial charge in [-0.05, 0) is 31.0 Å². The van der Waals surface area contributed by atoms with Crippen molar-refractivity contribution < 1.29 is 13.9 Å². The minimum atomic E-state index is -0.236. The number of methoxy groups -OCH3 is 1. The molecule has 0 fully saturated rings. The molecule has 0 aliphatic heterocycles. The van der Waals surface area contributed by atoms with Crippen LogP contribution in [0.3, 0.4) is 0 Å². The first-order valence-electron chi connectivity index (χ1n) is 6.86. The molecule has 108 valence electrons. The standard InChI is InChI=1S/C15H24FNO2/c1-4-14(5-2)19-15-7-6-13(16)10-12(15)11-17-8-9-18-3/h6-7,10,14,17H,4-5,8-9,11H2,1-3H3. The Labute approximate surface area is 115 Å². The molecule has 0 saturated heterocycles. The molecule has 0 amide bonds.